The van der Waals surface area contributed by atoms with Gasteiger partial charge in [-0.25, -0.2) is 0 Å². The highest BCUT2D eigenvalue weighted by Crippen LogP contribution is 2.40. The third kappa shape index (κ3) is 4.67. The number of hydrogen-bond acceptors (Lipinski definition) is 5. The zero-order valence-electron chi connectivity index (χ0n) is 15.4. The quantitative estimate of drug-likeness (QED) is 0.725. The summed E-state index contributed by atoms with van der Waals surface area (Å²) in [6.07, 6.45) is 7.39. The monoisotopic (exact) mass is 379 g/mol. The Morgan fingerprint density at radius 1 is 1.42 bits per heavy atom. The summed E-state index contributed by atoms with van der Waals surface area (Å²) >= 11 is 1.65. The Balaban J connectivity index is 1.82. The zero-order chi connectivity index (χ0) is 18.4. The van der Waals surface area contributed by atoms with Crippen LogP contribution in [0.5, 0.6) is 0 Å². The van der Waals surface area contributed by atoms with E-state index in [0.29, 0.717) is 18.8 Å². The second-order valence-corrected chi connectivity index (χ2v) is 7.82. The Labute approximate surface area is 159 Å². The molecule has 3 atom stereocenters. The third-order valence-corrected chi connectivity index (χ3v) is 5.96. The predicted molar refractivity (Wildman–Crippen MR) is 102 cm³/mol. The number of ether oxygens (including phenoxy) is 2. The van der Waals surface area contributed by atoms with Crippen LogP contribution in [-0.2, 0) is 14.3 Å². The van der Waals surface area contributed by atoms with E-state index >= 15 is 0 Å². The summed E-state index contributed by atoms with van der Waals surface area (Å²) in [5, 5.41) is 16.6. The first kappa shape index (κ1) is 19.4. The van der Waals surface area contributed by atoms with Crippen molar-refractivity contribution in [2.45, 2.75) is 63.7 Å². The maximum atomic E-state index is 12.7. The minimum atomic E-state index is -0.467. The van der Waals surface area contributed by atoms with Gasteiger partial charge in [0.25, 0.3) is 5.91 Å². The van der Waals surface area contributed by atoms with E-state index < -0.39 is 6.29 Å². The highest BCUT2D eigenvalue weighted by Gasteiger charge is 2.38. The maximum Gasteiger partial charge on any atom is 0.286 e. The number of aliphatic hydroxyl groups is 1. The van der Waals surface area contributed by atoms with Crippen LogP contribution >= 0.6 is 11.3 Å². The number of nitrogens with one attached hydrogen (secondary N) is 1. The van der Waals surface area contributed by atoms with E-state index in [-0.39, 0.29) is 30.4 Å². The molecule has 5 nitrogen and oxygen atoms in total. The second-order valence-electron chi connectivity index (χ2n) is 7.04. The molecule has 0 spiro atoms. The lowest BCUT2D eigenvalue weighted by Crippen LogP contribution is -2.41. The summed E-state index contributed by atoms with van der Waals surface area (Å²) in [5.41, 5.74) is 1.18. The van der Waals surface area contributed by atoms with Gasteiger partial charge in [0.05, 0.1) is 0 Å². The average molecular weight is 380 g/mol. The molecule has 3 rings (SSSR count). The molecule has 2 N–H and O–H groups in total. The van der Waals surface area contributed by atoms with Crippen molar-refractivity contribution in [3.8, 4) is 0 Å². The highest BCUT2D eigenvalue weighted by molar-refractivity contribution is 7.08. The van der Waals surface area contributed by atoms with Crippen LogP contribution in [0.2, 0.25) is 0 Å². The van der Waals surface area contributed by atoms with Crippen LogP contribution in [0.1, 0.15) is 56.9 Å². The molecule has 2 heterocycles. The van der Waals surface area contributed by atoms with Gasteiger partial charge in [-0.3, -0.25) is 4.79 Å². The molecule has 6 heteroatoms. The number of rotatable bonds is 8. The molecule has 26 heavy (non-hydrogen) atoms. The number of thiophene rings is 1. The Hall–Kier alpha value is -1.37. The summed E-state index contributed by atoms with van der Waals surface area (Å²) in [6, 6.07) is 2.35. The summed E-state index contributed by atoms with van der Waals surface area (Å²) in [5.74, 6) is 0.372. The molecule has 1 aliphatic carbocycles. The topological polar surface area (TPSA) is 67.8 Å². The summed E-state index contributed by atoms with van der Waals surface area (Å²) in [7, 11) is 0. The highest BCUT2D eigenvalue weighted by atomic mass is 32.1. The van der Waals surface area contributed by atoms with E-state index in [0.717, 1.165) is 19.3 Å². The van der Waals surface area contributed by atoms with Gasteiger partial charge in [-0.1, -0.05) is 12.8 Å². The summed E-state index contributed by atoms with van der Waals surface area (Å²) in [4.78, 5) is 12.7. The molecular weight excluding hydrogens is 350 g/mol. The van der Waals surface area contributed by atoms with E-state index in [2.05, 4.69) is 22.1 Å². The van der Waals surface area contributed by atoms with Crippen molar-refractivity contribution in [3.63, 3.8) is 0 Å². The van der Waals surface area contributed by atoms with Crippen molar-refractivity contribution in [2.75, 3.05) is 13.2 Å². The lowest BCUT2D eigenvalue weighted by molar-refractivity contribution is -0.166. The summed E-state index contributed by atoms with van der Waals surface area (Å²) < 4.78 is 11.8. The van der Waals surface area contributed by atoms with Gasteiger partial charge in [-0.05, 0) is 61.1 Å². The van der Waals surface area contributed by atoms with Crippen molar-refractivity contribution >= 4 is 17.2 Å². The minimum Gasteiger partial charge on any atom is -0.459 e. The molecule has 0 saturated heterocycles. The third-order valence-electron chi connectivity index (χ3n) is 5.25. The van der Waals surface area contributed by atoms with Gasteiger partial charge in [0.1, 0.15) is 0 Å². The van der Waals surface area contributed by atoms with Gasteiger partial charge in [-0.2, -0.15) is 11.3 Å². The molecule has 144 valence electrons. The van der Waals surface area contributed by atoms with Crippen molar-refractivity contribution in [1.29, 1.82) is 0 Å². The first-order chi connectivity index (χ1) is 12.7. The van der Waals surface area contributed by atoms with Gasteiger partial charge in [-0.15, -0.1) is 0 Å². The molecule has 1 saturated carbocycles. The van der Waals surface area contributed by atoms with E-state index in [1.807, 2.05) is 13.0 Å². The first-order valence-electron chi connectivity index (χ1n) is 9.66. The predicted octanol–water partition coefficient (Wildman–Crippen LogP) is 3.56. The number of carbonyl (C=O) groups is 1. The van der Waals surface area contributed by atoms with Crippen LogP contribution in [0.25, 0.3) is 0 Å². The lowest BCUT2D eigenvalue weighted by Gasteiger charge is -2.36. The molecule has 1 fully saturated rings. The molecule has 1 aromatic heterocycles. The summed E-state index contributed by atoms with van der Waals surface area (Å²) in [6.45, 7) is 2.60. The van der Waals surface area contributed by atoms with E-state index in [4.69, 9.17) is 9.47 Å². The molecule has 0 aromatic carbocycles. The standard InChI is InChI=1S/C20H29NO4S/c1-2-24-20-16(8-5-10-22)17(14-9-11-26-13-14)12-18(25-20)19(23)21-15-6-3-4-7-15/h9,11-13,15-17,20,22H,2-8,10H2,1H3,(H,21,23)/t16-,17+,20+/m0/s1. The molecule has 1 amide bonds. The number of aliphatic hydroxyl groups excluding tert-OH is 1. The number of amides is 1. The van der Waals surface area contributed by atoms with Gasteiger partial charge in [0.15, 0.2) is 5.76 Å². The SMILES string of the molecule is CCO[C@@H]1OC(C(=O)NC2CCCC2)=C[C@H](c2ccsc2)[C@@H]1CCCO. The average Bonchev–Trinajstić information content (AvgIpc) is 3.34. The zero-order valence-corrected chi connectivity index (χ0v) is 16.2. The van der Waals surface area contributed by atoms with E-state index in [9.17, 15) is 9.90 Å². The fourth-order valence-electron chi connectivity index (χ4n) is 3.94. The van der Waals surface area contributed by atoms with Crippen molar-refractivity contribution in [3.05, 3.63) is 34.2 Å². The Morgan fingerprint density at radius 3 is 2.88 bits per heavy atom. The largest absolute Gasteiger partial charge is 0.459 e. The van der Waals surface area contributed by atoms with Crippen LogP contribution in [0.4, 0.5) is 0 Å². The van der Waals surface area contributed by atoms with Gasteiger partial charge in [0, 0.05) is 31.1 Å². The lowest BCUT2D eigenvalue weighted by atomic mass is 9.81. The van der Waals surface area contributed by atoms with E-state index in [1.54, 1.807) is 11.3 Å². The van der Waals surface area contributed by atoms with Crippen LogP contribution in [0, 0.1) is 5.92 Å². The normalized spacial score (nSPS) is 26.4. The van der Waals surface area contributed by atoms with Crippen LogP contribution in [0.3, 0.4) is 0 Å². The molecule has 2 aliphatic rings. The molecule has 0 radical (unpaired) electrons. The van der Waals surface area contributed by atoms with Gasteiger partial charge in [0.2, 0.25) is 6.29 Å². The Bertz CT molecular complexity index is 595. The fourth-order valence-corrected chi connectivity index (χ4v) is 4.64. The minimum absolute atomic E-state index is 0.0578. The van der Waals surface area contributed by atoms with E-state index in [1.165, 1.54) is 18.4 Å². The first-order valence-corrected chi connectivity index (χ1v) is 10.6. The Kier molecular flexibility index (Phi) is 7.11. The molecule has 0 unspecified atom stereocenters. The molecular formula is C20H29NO4S. The molecule has 1 aromatic rings. The number of allylic oxidation sites excluding steroid dienone is 1. The van der Waals surface area contributed by atoms with Crippen molar-refractivity contribution in [1.82, 2.24) is 5.32 Å². The van der Waals surface area contributed by atoms with Gasteiger partial charge < -0.3 is 19.9 Å². The Morgan fingerprint density at radius 2 is 2.23 bits per heavy atom. The molecule has 0 bridgehead atoms. The second kappa shape index (κ2) is 9.53. The smallest absolute Gasteiger partial charge is 0.286 e. The van der Waals surface area contributed by atoms with Gasteiger partial charge >= 0.3 is 0 Å². The fraction of sp³-hybridized carbons (Fsp3) is 0.650. The van der Waals surface area contributed by atoms with Crippen LogP contribution in [0.15, 0.2) is 28.7 Å². The van der Waals surface area contributed by atoms with Crippen molar-refractivity contribution in [2.24, 2.45) is 5.92 Å². The van der Waals surface area contributed by atoms with Crippen molar-refractivity contribution < 1.29 is 19.4 Å². The van der Waals surface area contributed by atoms with Crippen LogP contribution in [-0.4, -0.2) is 36.6 Å². The maximum absolute atomic E-state index is 12.7. The molecule has 1 aliphatic heterocycles. The number of carbonyl (C=O) groups excluding carboxylic acids is 1. The number of hydrogen-bond donors (Lipinski definition) is 2. The van der Waals surface area contributed by atoms with Crippen LogP contribution < -0.4 is 5.32 Å².